The van der Waals surface area contributed by atoms with Crippen LogP contribution in [0, 0.1) is 0 Å². The molecular weight excluding hydrogens is 316 g/mol. The molecule has 1 aliphatic rings. The largest absolute Gasteiger partial charge is 0.495 e. The minimum atomic E-state index is 0.781. The second-order valence-electron chi connectivity index (χ2n) is 4.83. The molecule has 0 unspecified atom stereocenters. The van der Waals surface area contributed by atoms with Gasteiger partial charge in [0.25, 0.3) is 0 Å². The molecule has 0 aromatic heterocycles. The number of nitrogens with one attached hydrogen (secondary N) is 2. The van der Waals surface area contributed by atoms with Crippen LogP contribution in [0.25, 0.3) is 0 Å². The first-order valence-electron chi connectivity index (χ1n) is 6.70. The SMILES string of the molecule is COc1ccc(Br)cc1NCc1cccc2c1NCC2. The van der Waals surface area contributed by atoms with Gasteiger partial charge in [0.05, 0.1) is 12.8 Å². The molecule has 1 aliphatic heterocycles. The first-order chi connectivity index (χ1) is 9.78. The normalized spacial score (nSPS) is 12.7. The van der Waals surface area contributed by atoms with Gasteiger partial charge >= 0.3 is 0 Å². The molecule has 0 saturated carbocycles. The maximum absolute atomic E-state index is 5.38. The monoisotopic (exact) mass is 332 g/mol. The van der Waals surface area contributed by atoms with Crippen molar-refractivity contribution in [3.8, 4) is 5.75 Å². The average molecular weight is 333 g/mol. The zero-order valence-electron chi connectivity index (χ0n) is 11.4. The molecule has 3 rings (SSSR count). The van der Waals surface area contributed by atoms with Crippen molar-refractivity contribution < 1.29 is 4.74 Å². The van der Waals surface area contributed by atoms with Gasteiger partial charge in [-0.15, -0.1) is 0 Å². The molecule has 0 bridgehead atoms. The lowest BCUT2D eigenvalue weighted by Crippen LogP contribution is -2.04. The predicted molar refractivity (Wildman–Crippen MR) is 86.7 cm³/mol. The number of benzene rings is 2. The van der Waals surface area contributed by atoms with E-state index in [-0.39, 0.29) is 0 Å². The number of anilines is 2. The second kappa shape index (κ2) is 5.75. The molecule has 0 spiro atoms. The van der Waals surface area contributed by atoms with Crippen molar-refractivity contribution in [3.63, 3.8) is 0 Å². The highest BCUT2D eigenvalue weighted by atomic mass is 79.9. The number of hydrogen-bond donors (Lipinski definition) is 2. The summed E-state index contributed by atoms with van der Waals surface area (Å²) >= 11 is 3.49. The zero-order valence-corrected chi connectivity index (χ0v) is 13.0. The summed E-state index contributed by atoms with van der Waals surface area (Å²) in [5, 5.41) is 6.92. The van der Waals surface area contributed by atoms with Gasteiger partial charge in [0.1, 0.15) is 5.75 Å². The Morgan fingerprint density at radius 2 is 2.20 bits per heavy atom. The van der Waals surface area contributed by atoms with Gasteiger partial charge in [-0.2, -0.15) is 0 Å². The van der Waals surface area contributed by atoms with E-state index in [4.69, 9.17) is 4.74 Å². The number of fused-ring (bicyclic) bond motifs is 1. The molecule has 20 heavy (non-hydrogen) atoms. The molecule has 104 valence electrons. The maximum Gasteiger partial charge on any atom is 0.142 e. The molecule has 2 aromatic carbocycles. The van der Waals surface area contributed by atoms with Crippen LogP contribution in [0.5, 0.6) is 5.75 Å². The molecule has 0 saturated heterocycles. The van der Waals surface area contributed by atoms with Gasteiger partial charge in [0, 0.05) is 23.2 Å². The Bertz CT molecular complexity index is 626. The molecule has 2 N–H and O–H groups in total. The molecule has 1 heterocycles. The maximum atomic E-state index is 5.38. The van der Waals surface area contributed by atoms with E-state index in [2.05, 4.69) is 44.8 Å². The molecule has 2 aromatic rings. The fourth-order valence-corrected chi connectivity index (χ4v) is 2.93. The summed E-state index contributed by atoms with van der Waals surface area (Å²) in [4.78, 5) is 0. The predicted octanol–water partition coefficient (Wildman–Crippen LogP) is 4.04. The highest BCUT2D eigenvalue weighted by Crippen LogP contribution is 2.30. The van der Waals surface area contributed by atoms with Gasteiger partial charge in [-0.3, -0.25) is 0 Å². The van der Waals surface area contributed by atoms with Crippen LogP contribution in [-0.4, -0.2) is 13.7 Å². The van der Waals surface area contributed by atoms with Gasteiger partial charge in [-0.25, -0.2) is 0 Å². The smallest absolute Gasteiger partial charge is 0.142 e. The molecule has 3 nitrogen and oxygen atoms in total. The van der Waals surface area contributed by atoms with Crippen LogP contribution in [-0.2, 0) is 13.0 Å². The van der Waals surface area contributed by atoms with E-state index in [9.17, 15) is 0 Å². The molecule has 4 heteroatoms. The number of halogens is 1. The van der Waals surface area contributed by atoms with Gasteiger partial charge in [0.2, 0.25) is 0 Å². The quantitative estimate of drug-likeness (QED) is 0.886. The fourth-order valence-electron chi connectivity index (χ4n) is 2.57. The van der Waals surface area contributed by atoms with E-state index in [0.717, 1.165) is 35.4 Å². The van der Waals surface area contributed by atoms with E-state index in [0.29, 0.717) is 0 Å². The number of hydrogen-bond acceptors (Lipinski definition) is 3. The Morgan fingerprint density at radius 3 is 3.05 bits per heavy atom. The molecule has 0 atom stereocenters. The van der Waals surface area contributed by atoms with E-state index < -0.39 is 0 Å². The lowest BCUT2D eigenvalue weighted by Gasteiger charge is -2.14. The minimum absolute atomic E-state index is 0.781. The van der Waals surface area contributed by atoms with Crippen LogP contribution >= 0.6 is 15.9 Å². The Balaban J connectivity index is 1.80. The van der Waals surface area contributed by atoms with Crippen molar-refractivity contribution in [3.05, 3.63) is 52.0 Å². The van der Waals surface area contributed by atoms with Gasteiger partial charge in [-0.05, 0) is 35.7 Å². The number of rotatable bonds is 4. The van der Waals surface area contributed by atoms with E-state index in [1.54, 1.807) is 7.11 Å². The van der Waals surface area contributed by atoms with E-state index >= 15 is 0 Å². The lowest BCUT2D eigenvalue weighted by atomic mass is 10.1. The summed E-state index contributed by atoms with van der Waals surface area (Å²) in [6.07, 6.45) is 1.11. The second-order valence-corrected chi connectivity index (χ2v) is 5.74. The Kier molecular flexibility index (Phi) is 3.83. The Hall–Kier alpha value is -1.68. The van der Waals surface area contributed by atoms with Crippen LogP contribution in [0.2, 0.25) is 0 Å². The summed E-state index contributed by atoms with van der Waals surface area (Å²) in [5.41, 5.74) is 4.99. The van der Waals surface area contributed by atoms with Crippen LogP contribution < -0.4 is 15.4 Å². The number of para-hydroxylation sites is 1. The van der Waals surface area contributed by atoms with E-state index in [1.807, 2.05) is 18.2 Å². The first-order valence-corrected chi connectivity index (χ1v) is 7.49. The standard InChI is InChI=1S/C16H17BrN2O/c1-20-15-6-5-13(17)9-14(15)19-10-12-4-2-3-11-7-8-18-16(11)12/h2-6,9,18-19H,7-8,10H2,1H3. The third-order valence-corrected chi connectivity index (χ3v) is 4.06. The zero-order chi connectivity index (χ0) is 13.9. The number of methoxy groups -OCH3 is 1. The highest BCUT2D eigenvalue weighted by molar-refractivity contribution is 9.10. The van der Waals surface area contributed by atoms with Gasteiger partial charge in [0.15, 0.2) is 0 Å². The van der Waals surface area contributed by atoms with Crippen molar-refractivity contribution in [2.75, 3.05) is 24.3 Å². The topological polar surface area (TPSA) is 33.3 Å². The summed E-state index contributed by atoms with van der Waals surface area (Å²) in [5.74, 6) is 0.855. The van der Waals surface area contributed by atoms with Crippen LogP contribution in [0.15, 0.2) is 40.9 Å². The van der Waals surface area contributed by atoms with Crippen molar-refractivity contribution in [2.24, 2.45) is 0 Å². The van der Waals surface area contributed by atoms with E-state index in [1.165, 1.54) is 16.8 Å². The average Bonchev–Trinajstić information content (AvgIpc) is 2.94. The first kappa shape index (κ1) is 13.3. The molecule has 0 aliphatic carbocycles. The van der Waals surface area contributed by atoms with Gasteiger partial charge < -0.3 is 15.4 Å². The highest BCUT2D eigenvalue weighted by Gasteiger charge is 2.13. The third kappa shape index (κ3) is 2.61. The van der Waals surface area contributed by atoms with Crippen molar-refractivity contribution in [1.82, 2.24) is 0 Å². The summed E-state index contributed by atoms with van der Waals surface area (Å²) in [6.45, 7) is 1.82. The van der Waals surface area contributed by atoms with Crippen molar-refractivity contribution in [1.29, 1.82) is 0 Å². The summed E-state index contributed by atoms with van der Waals surface area (Å²) in [7, 11) is 1.69. The molecular formula is C16H17BrN2O. The minimum Gasteiger partial charge on any atom is -0.495 e. The third-order valence-electron chi connectivity index (χ3n) is 3.56. The van der Waals surface area contributed by atoms with Crippen molar-refractivity contribution in [2.45, 2.75) is 13.0 Å². The Morgan fingerprint density at radius 1 is 1.30 bits per heavy atom. The summed E-state index contributed by atoms with van der Waals surface area (Å²) < 4.78 is 6.42. The lowest BCUT2D eigenvalue weighted by molar-refractivity contribution is 0.416. The van der Waals surface area contributed by atoms with Crippen LogP contribution in [0.4, 0.5) is 11.4 Å². The number of ether oxygens (including phenoxy) is 1. The van der Waals surface area contributed by atoms with Crippen molar-refractivity contribution >= 4 is 27.3 Å². The summed E-state index contributed by atoms with van der Waals surface area (Å²) in [6, 6.07) is 12.5. The molecule has 0 amide bonds. The van der Waals surface area contributed by atoms with Crippen LogP contribution in [0.3, 0.4) is 0 Å². The molecule has 0 fully saturated rings. The van der Waals surface area contributed by atoms with Gasteiger partial charge in [-0.1, -0.05) is 34.1 Å². The van der Waals surface area contributed by atoms with Crippen LogP contribution in [0.1, 0.15) is 11.1 Å². The molecule has 0 radical (unpaired) electrons. The Labute approximate surface area is 127 Å². The fraction of sp³-hybridized carbons (Fsp3) is 0.250.